The van der Waals surface area contributed by atoms with E-state index in [-0.39, 0.29) is 12.5 Å². The minimum atomic E-state index is 0.0347. The van der Waals surface area contributed by atoms with Crippen LogP contribution in [0.2, 0.25) is 0 Å². The summed E-state index contributed by atoms with van der Waals surface area (Å²) in [5, 5.41) is 10.3. The van der Waals surface area contributed by atoms with Crippen molar-refractivity contribution in [2.24, 2.45) is 5.92 Å². The van der Waals surface area contributed by atoms with E-state index in [4.69, 9.17) is 0 Å². The van der Waals surface area contributed by atoms with Crippen molar-refractivity contribution in [3.8, 4) is 0 Å². The largest absolute Gasteiger partial charge is 0.236 e. The van der Waals surface area contributed by atoms with Crippen molar-refractivity contribution in [2.45, 2.75) is 26.7 Å². The van der Waals surface area contributed by atoms with E-state index in [1.807, 2.05) is 13.0 Å². The monoisotopic (exact) mass is 127 g/mol. The molecule has 1 atom stereocenters. The van der Waals surface area contributed by atoms with E-state index in [9.17, 15) is 5.11 Å². The van der Waals surface area contributed by atoms with Gasteiger partial charge in [0.05, 0.1) is 6.61 Å². The van der Waals surface area contributed by atoms with E-state index in [1.54, 1.807) is 0 Å². The summed E-state index contributed by atoms with van der Waals surface area (Å²) < 4.78 is 0. The van der Waals surface area contributed by atoms with E-state index in [0.29, 0.717) is 0 Å². The fourth-order valence-corrected chi connectivity index (χ4v) is 0.638. The minimum Gasteiger partial charge on any atom is -0.236 e. The number of hydrogen-bond acceptors (Lipinski definition) is 0. The van der Waals surface area contributed by atoms with Crippen molar-refractivity contribution < 1.29 is 5.11 Å². The van der Waals surface area contributed by atoms with Crippen LogP contribution >= 0.6 is 0 Å². The summed E-state index contributed by atoms with van der Waals surface area (Å²) in [6, 6.07) is 0. The summed E-state index contributed by atoms with van der Waals surface area (Å²) in [7, 11) is 0. The standard InChI is InChI=1S/C8H15O/c1-3-5-6-8(4-2)7-9/h5-6,8H,3-4,7H2,1-2H3/b6-5+. The average Bonchev–Trinajstić information content (AvgIpc) is 1.91. The van der Waals surface area contributed by atoms with Gasteiger partial charge in [0.15, 0.2) is 0 Å². The van der Waals surface area contributed by atoms with Crippen molar-refractivity contribution in [1.82, 2.24) is 0 Å². The van der Waals surface area contributed by atoms with Gasteiger partial charge in [-0.25, -0.2) is 5.11 Å². The second-order valence-corrected chi connectivity index (χ2v) is 2.17. The fourth-order valence-electron chi connectivity index (χ4n) is 0.638. The molecule has 1 nitrogen and oxygen atoms in total. The summed E-state index contributed by atoms with van der Waals surface area (Å²) in [4.78, 5) is 0. The molecule has 0 aliphatic carbocycles. The highest BCUT2D eigenvalue weighted by molar-refractivity contribution is 4.86. The van der Waals surface area contributed by atoms with Gasteiger partial charge in [-0.05, 0) is 12.8 Å². The first-order valence-corrected chi connectivity index (χ1v) is 3.59. The molecule has 0 saturated carbocycles. The Morgan fingerprint density at radius 1 is 1.44 bits per heavy atom. The second-order valence-electron chi connectivity index (χ2n) is 2.17. The lowest BCUT2D eigenvalue weighted by Crippen LogP contribution is -1.97. The third-order valence-corrected chi connectivity index (χ3v) is 1.38. The molecule has 0 aliphatic heterocycles. The highest BCUT2D eigenvalue weighted by Gasteiger charge is 1.97. The molecule has 0 aromatic heterocycles. The van der Waals surface area contributed by atoms with Gasteiger partial charge in [0.25, 0.3) is 0 Å². The van der Waals surface area contributed by atoms with Crippen LogP contribution in [-0.2, 0) is 5.11 Å². The molecule has 1 heteroatoms. The van der Waals surface area contributed by atoms with Crippen molar-refractivity contribution in [2.75, 3.05) is 6.61 Å². The molecule has 0 fully saturated rings. The summed E-state index contributed by atoms with van der Waals surface area (Å²) >= 11 is 0. The van der Waals surface area contributed by atoms with Crippen LogP contribution < -0.4 is 0 Å². The lowest BCUT2D eigenvalue weighted by Gasteiger charge is -2.00. The van der Waals surface area contributed by atoms with Gasteiger partial charge in [0.2, 0.25) is 0 Å². The Balaban J connectivity index is 3.41. The maximum Gasteiger partial charge on any atom is 0.0884 e. The predicted molar refractivity (Wildman–Crippen MR) is 38.8 cm³/mol. The Bertz CT molecular complexity index is 72.6. The van der Waals surface area contributed by atoms with Crippen LogP contribution in [0.25, 0.3) is 0 Å². The first-order valence-electron chi connectivity index (χ1n) is 3.59. The van der Waals surface area contributed by atoms with Gasteiger partial charge in [-0.15, -0.1) is 0 Å². The van der Waals surface area contributed by atoms with Gasteiger partial charge in [-0.1, -0.05) is 26.0 Å². The van der Waals surface area contributed by atoms with Crippen molar-refractivity contribution in [3.05, 3.63) is 12.2 Å². The van der Waals surface area contributed by atoms with Gasteiger partial charge >= 0.3 is 0 Å². The van der Waals surface area contributed by atoms with Crippen molar-refractivity contribution >= 4 is 0 Å². The maximum absolute atomic E-state index is 10.3. The van der Waals surface area contributed by atoms with E-state index >= 15 is 0 Å². The first-order chi connectivity index (χ1) is 4.35. The zero-order chi connectivity index (χ0) is 7.11. The molecular formula is C8H15O. The highest BCUT2D eigenvalue weighted by atomic mass is 16.3. The quantitative estimate of drug-likeness (QED) is 0.517. The molecule has 1 unspecified atom stereocenters. The zero-order valence-electron chi connectivity index (χ0n) is 6.26. The number of allylic oxidation sites excluding steroid dienone is 1. The molecule has 53 valence electrons. The van der Waals surface area contributed by atoms with Gasteiger partial charge in [0.1, 0.15) is 0 Å². The highest BCUT2D eigenvalue weighted by Crippen LogP contribution is 2.02. The molecule has 1 radical (unpaired) electrons. The summed E-state index contributed by atoms with van der Waals surface area (Å²) in [6.07, 6.45) is 6.09. The maximum atomic E-state index is 10.3. The molecule has 0 heterocycles. The lowest BCUT2D eigenvalue weighted by atomic mass is 10.1. The Labute approximate surface area is 57.4 Å². The van der Waals surface area contributed by atoms with Crippen LogP contribution in [0.5, 0.6) is 0 Å². The van der Waals surface area contributed by atoms with Crippen LogP contribution in [0.1, 0.15) is 26.7 Å². The summed E-state index contributed by atoms with van der Waals surface area (Å²) in [6.45, 7) is 4.16. The van der Waals surface area contributed by atoms with E-state index < -0.39 is 0 Å². The molecule has 0 N–H and O–H groups in total. The van der Waals surface area contributed by atoms with Gasteiger partial charge in [0, 0.05) is 5.92 Å². The molecule has 0 aliphatic rings. The van der Waals surface area contributed by atoms with Crippen LogP contribution in [0.15, 0.2) is 12.2 Å². The molecule has 9 heavy (non-hydrogen) atoms. The molecule has 0 aromatic rings. The zero-order valence-corrected chi connectivity index (χ0v) is 6.26. The Hall–Kier alpha value is -0.300. The van der Waals surface area contributed by atoms with Gasteiger partial charge in [-0.2, -0.15) is 0 Å². The molecule has 0 bridgehead atoms. The lowest BCUT2D eigenvalue weighted by molar-refractivity contribution is 0.160. The smallest absolute Gasteiger partial charge is 0.0884 e. The Kier molecular flexibility index (Phi) is 5.64. The topological polar surface area (TPSA) is 19.9 Å². The third-order valence-electron chi connectivity index (χ3n) is 1.38. The van der Waals surface area contributed by atoms with Gasteiger partial charge in [-0.3, -0.25) is 0 Å². The minimum absolute atomic E-state index is 0.0347. The normalized spacial score (nSPS) is 14.6. The SMILES string of the molecule is CC/C=C/C(CC)C[O]. The average molecular weight is 127 g/mol. The van der Waals surface area contributed by atoms with Crippen LogP contribution in [-0.4, -0.2) is 6.61 Å². The molecule has 0 rings (SSSR count). The third kappa shape index (κ3) is 4.22. The molecular weight excluding hydrogens is 112 g/mol. The first kappa shape index (κ1) is 8.70. The van der Waals surface area contributed by atoms with Gasteiger partial charge < -0.3 is 0 Å². The van der Waals surface area contributed by atoms with E-state index in [2.05, 4.69) is 13.0 Å². The van der Waals surface area contributed by atoms with E-state index in [0.717, 1.165) is 12.8 Å². The predicted octanol–water partition coefficient (Wildman–Crippen LogP) is 2.41. The summed E-state index contributed by atoms with van der Waals surface area (Å²) in [5.74, 6) is 0.268. The molecule has 0 saturated heterocycles. The fraction of sp³-hybridized carbons (Fsp3) is 0.750. The van der Waals surface area contributed by atoms with E-state index in [1.165, 1.54) is 0 Å². The van der Waals surface area contributed by atoms with Crippen molar-refractivity contribution in [3.63, 3.8) is 0 Å². The van der Waals surface area contributed by atoms with Crippen molar-refractivity contribution in [1.29, 1.82) is 0 Å². The van der Waals surface area contributed by atoms with Crippen LogP contribution in [0, 0.1) is 5.92 Å². The number of hydrogen-bond donors (Lipinski definition) is 0. The second kappa shape index (κ2) is 5.83. The van der Waals surface area contributed by atoms with Crippen LogP contribution in [0.3, 0.4) is 0 Å². The van der Waals surface area contributed by atoms with Crippen LogP contribution in [0.4, 0.5) is 0 Å². The Morgan fingerprint density at radius 3 is 2.44 bits per heavy atom. The Morgan fingerprint density at radius 2 is 2.11 bits per heavy atom. The summed E-state index contributed by atoms with van der Waals surface area (Å²) in [5.41, 5.74) is 0. The molecule has 0 aromatic carbocycles. The molecule has 0 spiro atoms. The molecule has 0 amide bonds. The number of rotatable bonds is 4.